The molecule has 0 aliphatic rings. The first-order chi connectivity index (χ1) is 8.49. The minimum atomic E-state index is -0.267. The van der Waals surface area contributed by atoms with E-state index in [-0.39, 0.29) is 24.1 Å². The van der Waals surface area contributed by atoms with E-state index in [1.165, 1.54) is 18.0 Å². The molecule has 18 heavy (non-hydrogen) atoms. The second-order valence-corrected chi connectivity index (χ2v) is 3.99. The molecule has 5 nitrogen and oxygen atoms in total. The molecule has 0 aliphatic heterocycles. The Morgan fingerprint density at radius 2 is 2.06 bits per heavy atom. The first-order valence-corrected chi connectivity index (χ1v) is 5.79. The first-order valence-electron chi connectivity index (χ1n) is 5.79. The lowest BCUT2D eigenvalue weighted by Gasteiger charge is -2.20. The second kappa shape index (κ2) is 6.05. The molecule has 2 amide bonds. The lowest BCUT2D eigenvalue weighted by atomic mass is 10.1. The summed E-state index contributed by atoms with van der Waals surface area (Å²) in [4.78, 5) is 24.8. The number of hydrogen-bond donors (Lipinski definition) is 2. The van der Waals surface area contributed by atoms with Crippen LogP contribution in [0.1, 0.15) is 22.8 Å². The number of carbonyl (C=O) groups excluding carboxylic acids is 2. The highest BCUT2D eigenvalue weighted by Gasteiger charge is 2.17. The van der Waals surface area contributed by atoms with Crippen LogP contribution < -0.4 is 5.32 Å². The maximum Gasteiger partial charge on any atom is 0.254 e. The lowest BCUT2D eigenvalue weighted by molar-refractivity contribution is -0.121. The van der Waals surface area contributed by atoms with E-state index in [2.05, 4.69) is 5.32 Å². The Kier molecular flexibility index (Phi) is 4.71. The summed E-state index contributed by atoms with van der Waals surface area (Å²) >= 11 is 0. The van der Waals surface area contributed by atoms with Crippen LogP contribution in [0.25, 0.3) is 0 Å². The highest BCUT2D eigenvalue weighted by atomic mass is 16.3. The van der Waals surface area contributed by atoms with Crippen molar-refractivity contribution in [3.05, 3.63) is 29.3 Å². The Morgan fingerprint density at radius 3 is 2.56 bits per heavy atom. The zero-order valence-corrected chi connectivity index (χ0v) is 10.9. The van der Waals surface area contributed by atoms with Crippen molar-refractivity contribution < 1.29 is 14.7 Å². The molecule has 1 aromatic carbocycles. The summed E-state index contributed by atoms with van der Waals surface area (Å²) in [5, 5.41) is 12.1. The zero-order chi connectivity index (χ0) is 13.7. The van der Waals surface area contributed by atoms with Gasteiger partial charge in [-0.15, -0.1) is 0 Å². The molecule has 0 aliphatic carbocycles. The molecule has 0 aromatic heterocycles. The molecule has 0 radical (unpaired) electrons. The van der Waals surface area contributed by atoms with Gasteiger partial charge in [0.1, 0.15) is 5.75 Å². The van der Waals surface area contributed by atoms with Crippen molar-refractivity contribution in [3.8, 4) is 5.75 Å². The average molecular weight is 250 g/mol. The number of hydrogen-bond acceptors (Lipinski definition) is 3. The third kappa shape index (κ3) is 3.23. The van der Waals surface area contributed by atoms with Crippen LogP contribution in [0.3, 0.4) is 0 Å². The molecule has 0 atom stereocenters. The Hall–Kier alpha value is -2.04. The van der Waals surface area contributed by atoms with Crippen LogP contribution in [0.15, 0.2) is 18.2 Å². The molecule has 0 saturated heterocycles. The summed E-state index contributed by atoms with van der Waals surface area (Å²) in [7, 11) is 1.53. The number of phenols is 1. The summed E-state index contributed by atoms with van der Waals surface area (Å²) in [5.74, 6) is -0.408. The van der Waals surface area contributed by atoms with Gasteiger partial charge in [0.2, 0.25) is 5.91 Å². The van der Waals surface area contributed by atoms with Gasteiger partial charge in [-0.2, -0.15) is 0 Å². The third-order valence-electron chi connectivity index (χ3n) is 2.74. The maximum absolute atomic E-state index is 12.1. The van der Waals surface area contributed by atoms with Gasteiger partial charge in [0.05, 0.1) is 6.54 Å². The number of rotatable bonds is 4. The van der Waals surface area contributed by atoms with Gasteiger partial charge in [0, 0.05) is 19.2 Å². The van der Waals surface area contributed by atoms with Gasteiger partial charge in [0.15, 0.2) is 0 Å². The molecule has 1 aromatic rings. The minimum absolute atomic E-state index is 0.0144. The van der Waals surface area contributed by atoms with Crippen LogP contribution in [-0.4, -0.2) is 42.0 Å². The number of phenolic OH excluding ortho intramolecular Hbond substituents is 1. The highest BCUT2D eigenvalue weighted by molar-refractivity contribution is 5.96. The van der Waals surface area contributed by atoms with E-state index in [0.29, 0.717) is 17.7 Å². The second-order valence-electron chi connectivity index (χ2n) is 3.99. The van der Waals surface area contributed by atoms with Crippen molar-refractivity contribution in [2.24, 2.45) is 0 Å². The summed E-state index contributed by atoms with van der Waals surface area (Å²) in [6.45, 7) is 4.00. The molecule has 0 unspecified atom stereocenters. The third-order valence-corrected chi connectivity index (χ3v) is 2.74. The summed E-state index contributed by atoms with van der Waals surface area (Å²) < 4.78 is 0. The van der Waals surface area contributed by atoms with Crippen LogP contribution in [0.5, 0.6) is 5.75 Å². The van der Waals surface area contributed by atoms with Crippen LogP contribution in [0.4, 0.5) is 0 Å². The van der Waals surface area contributed by atoms with Crippen LogP contribution in [-0.2, 0) is 4.79 Å². The predicted molar refractivity (Wildman–Crippen MR) is 68.5 cm³/mol. The number of amides is 2. The molecule has 0 spiro atoms. The van der Waals surface area contributed by atoms with E-state index >= 15 is 0 Å². The molecule has 0 fully saturated rings. The van der Waals surface area contributed by atoms with E-state index in [1.807, 2.05) is 0 Å². The molecule has 2 N–H and O–H groups in total. The monoisotopic (exact) mass is 250 g/mol. The van der Waals surface area contributed by atoms with Gasteiger partial charge >= 0.3 is 0 Å². The number of nitrogens with zero attached hydrogens (tertiary/aromatic N) is 1. The molecule has 0 heterocycles. The zero-order valence-electron chi connectivity index (χ0n) is 10.9. The van der Waals surface area contributed by atoms with Gasteiger partial charge in [-0.25, -0.2) is 0 Å². The van der Waals surface area contributed by atoms with E-state index in [4.69, 9.17) is 0 Å². The van der Waals surface area contributed by atoms with Crippen molar-refractivity contribution in [2.75, 3.05) is 20.1 Å². The van der Waals surface area contributed by atoms with Crippen molar-refractivity contribution >= 4 is 11.8 Å². The van der Waals surface area contributed by atoms with Gasteiger partial charge < -0.3 is 15.3 Å². The topological polar surface area (TPSA) is 69.6 Å². The summed E-state index contributed by atoms with van der Waals surface area (Å²) in [6, 6.07) is 4.74. The molecule has 0 saturated carbocycles. The molecular formula is C13H18N2O3. The molecule has 5 heteroatoms. The van der Waals surface area contributed by atoms with Crippen molar-refractivity contribution in [3.63, 3.8) is 0 Å². The minimum Gasteiger partial charge on any atom is -0.508 e. The Morgan fingerprint density at radius 1 is 1.39 bits per heavy atom. The average Bonchev–Trinajstić information content (AvgIpc) is 2.38. The van der Waals surface area contributed by atoms with Crippen LogP contribution >= 0.6 is 0 Å². The summed E-state index contributed by atoms with van der Waals surface area (Å²) in [5.41, 5.74) is 1.09. The number of benzene rings is 1. The number of likely N-dealkylation sites (N-methyl/N-ethyl adjacent to an activating group) is 2. The fraction of sp³-hybridized carbons (Fsp3) is 0.385. The highest BCUT2D eigenvalue weighted by Crippen LogP contribution is 2.18. The Balaban J connectivity index is 2.89. The maximum atomic E-state index is 12.1. The predicted octanol–water partition coefficient (Wildman–Crippen LogP) is 0.909. The van der Waals surface area contributed by atoms with Gasteiger partial charge in [-0.3, -0.25) is 9.59 Å². The van der Waals surface area contributed by atoms with E-state index in [0.717, 1.165) is 0 Å². The number of aromatic hydroxyl groups is 1. The van der Waals surface area contributed by atoms with Crippen molar-refractivity contribution in [2.45, 2.75) is 13.8 Å². The quantitative estimate of drug-likeness (QED) is 0.834. The van der Waals surface area contributed by atoms with Crippen molar-refractivity contribution in [1.29, 1.82) is 0 Å². The molecule has 1 rings (SSSR count). The van der Waals surface area contributed by atoms with E-state index < -0.39 is 0 Å². The smallest absolute Gasteiger partial charge is 0.254 e. The first kappa shape index (κ1) is 14.0. The summed E-state index contributed by atoms with van der Waals surface area (Å²) in [6.07, 6.45) is 0. The largest absolute Gasteiger partial charge is 0.508 e. The van der Waals surface area contributed by atoms with Crippen molar-refractivity contribution in [1.82, 2.24) is 10.2 Å². The molecule has 0 bridgehead atoms. The van der Waals surface area contributed by atoms with Crippen LogP contribution in [0.2, 0.25) is 0 Å². The van der Waals surface area contributed by atoms with E-state index in [9.17, 15) is 14.7 Å². The number of carbonyl (C=O) groups is 2. The van der Waals surface area contributed by atoms with Crippen LogP contribution in [0, 0.1) is 6.92 Å². The Bertz CT molecular complexity index is 458. The van der Waals surface area contributed by atoms with E-state index in [1.54, 1.807) is 26.0 Å². The fourth-order valence-corrected chi connectivity index (χ4v) is 1.50. The van der Waals surface area contributed by atoms with Gasteiger partial charge in [-0.1, -0.05) is 6.07 Å². The number of aryl methyl sites for hydroxylation is 1. The number of nitrogens with one attached hydrogen (secondary N) is 1. The van der Waals surface area contributed by atoms with Gasteiger partial charge in [-0.05, 0) is 31.5 Å². The Labute approximate surface area is 106 Å². The lowest BCUT2D eigenvalue weighted by Crippen LogP contribution is -2.39. The SMILES string of the molecule is CCN(CC(=O)NC)C(=O)c1ccc(C)c(O)c1. The molecular weight excluding hydrogens is 232 g/mol. The van der Waals surface area contributed by atoms with Gasteiger partial charge in [0.25, 0.3) is 5.91 Å². The normalized spacial score (nSPS) is 9.94. The standard InChI is InChI=1S/C13H18N2O3/c1-4-15(8-12(17)14-3)13(18)10-6-5-9(2)11(16)7-10/h5-7,16H,4,8H2,1-3H3,(H,14,17). The molecule has 98 valence electrons. The fourth-order valence-electron chi connectivity index (χ4n) is 1.50.